The quantitative estimate of drug-likeness (QED) is 0.615. The summed E-state index contributed by atoms with van der Waals surface area (Å²) in [7, 11) is 0. The first kappa shape index (κ1) is 16.5. The molecule has 1 heterocycles. The molecule has 1 fully saturated rings. The molecule has 22 heavy (non-hydrogen) atoms. The van der Waals surface area contributed by atoms with E-state index in [-0.39, 0.29) is 30.0 Å². The van der Waals surface area contributed by atoms with E-state index in [2.05, 4.69) is 0 Å². The molecule has 118 valence electrons. The molecule has 0 N–H and O–H groups in total. The number of aryl methyl sites for hydroxylation is 1. The minimum atomic E-state index is -0.517. The lowest BCUT2D eigenvalue weighted by Gasteiger charge is -2.18. The van der Waals surface area contributed by atoms with Gasteiger partial charge < -0.3 is 4.74 Å². The number of carbonyl (C=O) groups excluding carboxylic acids is 3. The zero-order valence-corrected chi connectivity index (χ0v) is 13.7. The van der Waals surface area contributed by atoms with E-state index in [0.29, 0.717) is 12.3 Å². The molecule has 0 unspecified atom stereocenters. The third-order valence-corrected chi connectivity index (χ3v) is 4.80. The molecule has 0 radical (unpaired) electrons. The van der Waals surface area contributed by atoms with Gasteiger partial charge in [0.25, 0.3) is 0 Å². The fourth-order valence-corrected chi connectivity index (χ4v) is 3.27. The van der Waals surface area contributed by atoms with Gasteiger partial charge in [-0.1, -0.05) is 12.1 Å². The van der Waals surface area contributed by atoms with Gasteiger partial charge in [-0.3, -0.25) is 14.4 Å². The lowest BCUT2D eigenvalue weighted by Crippen LogP contribution is -2.32. The van der Waals surface area contributed by atoms with Gasteiger partial charge >= 0.3 is 5.97 Å². The second-order valence-corrected chi connectivity index (χ2v) is 6.29. The molecule has 1 saturated heterocycles. The van der Waals surface area contributed by atoms with Crippen LogP contribution in [-0.4, -0.2) is 35.4 Å². The Kier molecular flexibility index (Phi) is 5.24. The first-order chi connectivity index (χ1) is 10.5. The second kappa shape index (κ2) is 6.96. The monoisotopic (exact) mass is 321 g/mol. The molecule has 0 saturated carbocycles. The van der Waals surface area contributed by atoms with Crippen LogP contribution in [-0.2, 0) is 19.1 Å². The molecule has 1 aliphatic rings. The third kappa shape index (κ3) is 3.32. The second-order valence-electron chi connectivity index (χ2n) is 5.10. The number of esters is 1. The number of benzene rings is 1. The maximum Gasteiger partial charge on any atom is 0.315 e. The van der Waals surface area contributed by atoms with Crippen molar-refractivity contribution in [1.29, 1.82) is 0 Å². The number of hydrogen-bond acceptors (Lipinski definition) is 5. The number of amides is 2. The predicted octanol–water partition coefficient (Wildman–Crippen LogP) is 2.23. The number of anilines is 1. The number of ether oxygens (including phenoxy) is 1. The Morgan fingerprint density at radius 1 is 1.36 bits per heavy atom. The molecule has 1 aromatic carbocycles. The molecule has 0 bridgehead atoms. The highest BCUT2D eigenvalue weighted by Crippen LogP contribution is 2.32. The van der Waals surface area contributed by atoms with Crippen molar-refractivity contribution in [3.05, 3.63) is 29.3 Å². The van der Waals surface area contributed by atoms with Gasteiger partial charge in [0.15, 0.2) is 0 Å². The Morgan fingerprint density at radius 2 is 2.09 bits per heavy atom. The van der Waals surface area contributed by atoms with Gasteiger partial charge in [0.1, 0.15) is 0 Å². The summed E-state index contributed by atoms with van der Waals surface area (Å²) in [6.07, 6.45) is 0.121. The van der Waals surface area contributed by atoms with E-state index in [1.165, 1.54) is 16.7 Å². The first-order valence-electron chi connectivity index (χ1n) is 7.16. The van der Waals surface area contributed by atoms with Crippen molar-refractivity contribution in [2.75, 3.05) is 17.3 Å². The molecule has 2 amide bonds. The molecule has 5 nitrogen and oxygen atoms in total. The van der Waals surface area contributed by atoms with Crippen LogP contribution in [0.5, 0.6) is 0 Å². The fourth-order valence-electron chi connectivity index (χ4n) is 2.34. The van der Waals surface area contributed by atoms with Crippen molar-refractivity contribution in [3.63, 3.8) is 0 Å². The Balaban J connectivity index is 2.12. The molecule has 1 atom stereocenters. The smallest absolute Gasteiger partial charge is 0.315 e. The normalized spacial score (nSPS) is 18.0. The van der Waals surface area contributed by atoms with E-state index < -0.39 is 5.25 Å². The van der Waals surface area contributed by atoms with E-state index >= 15 is 0 Å². The molecule has 2 rings (SSSR count). The lowest BCUT2D eigenvalue weighted by molar-refractivity contribution is -0.139. The Hall–Kier alpha value is -1.82. The molecule has 0 aliphatic carbocycles. The number of rotatable bonds is 5. The fraction of sp³-hybridized carbons (Fsp3) is 0.438. The van der Waals surface area contributed by atoms with Crippen LogP contribution in [0.25, 0.3) is 0 Å². The van der Waals surface area contributed by atoms with E-state index in [1.807, 2.05) is 26.0 Å². The summed E-state index contributed by atoms with van der Waals surface area (Å²) < 4.78 is 4.84. The number of nitrogens with zero attached hydrogens (tertiary/aromatic N) is 1. The average Bonchev–Trinajstić information content (AvgIpc) is 2.75. The average molecular weight is 321 g/mol. The molecule has 1 aromatic rings. The summed E-state index contributed by atoms with van der Waals surface area (Å²) in [6.45, 7) is 5.88. The predicted molar refractivity (Wildman–Crippen MR) is 85.9 cm³/mol. The molecular weight excluding hydrogens is 302 g/mol. The van der Waals surface area contributed by atoms with Gasteiger partial charge in [0.05, 0.1) is 23.3 Å². The van der Waals surface area contributed by atoms with Crippen molar-refractivity contribution in [3.8, 4) is 0 Å². The van der Waals surface area contributed by atoms with Gasteiger partial charge in [0.2, 0.25) is 11.8 Å². The minimum Gasteiger partial charge on any atom is -0.465 e. The van der Waals surface area contributed by atoms with E-state index in [4.69, 9.17) is 4.74 Å². The van der Waals surface area contributed by atoms with Crippen molar-refractivity contribution in [2.24, 2.45) is 0 Å². The van der Waals surface area contributed by atoms with Crippen LogP contribution in [0.4, 0.5) is 5.69 Å². The number of carbonyl (C=O) groups is 3. The van der Waals surface area contributed by atoms with Crippen LogP contribution in [0.15, 0.2) is 18.2 Å². The van der Waals surface area contributed by atoms with Crippen molar-refractivity contribution >= 4 is 35.2 Å². The van der Waals surface area contributed by atoms with Crippen LogP contribution in [0.3, 0.4) is 0 Å². The summed E-state index contributed by atoms with van der Waals surface area (Å²) in [4.78, 5) is 37.3. The van der Waals surface area contributed by atoms with E-state index in [9.17, 15) is 14.4 Å². The molecular formula is C16H19NO4S. The van der Waals surface area contributed by atoms with Crippen LogP contribution < -0.4 is 4.90 Å². The van der Waals surface area contributed by atoms with Crippen LogP contribution in [0.2, 0.25) is 0 Å². The first-order valence-corrected chi connectivity index (χ1v) is 8.20. The standard InChI is InChI=1S/C16H19NO4S/c1-4-21-15(19)9-22-13-8-14(18)17(16(13)20)12-7-5-6-10(2)11(12)3/h5-7,13H,4,8-9H2,1-3H3/t13-/m0/s1. The number of hydrogen-bond donors (Lipinski definition) is 0. The van der Waals surface area contributed by atoms with Crippen LogP contribution in [0, 0.1) is 13.8 Å². The van der Waals surface area contributed by atoms with Crippen LogP contribution in [0.1, 0.15) is 24.5 Å². The summed E-state index contributed by atoms with van der Waals surface area (Å²) in [6, 6.07) is 5.55. The highest BCUT2D eigenvalue weighted by atomic mass is 32.2. The number of thioether (sulfide) groups is 1. The largest absolute Gasteiger partial charge is 0.465 e. The highest BCUT2D eigenvalue weighted by Gasteiger charge is 2.40. The summed E-state index contributed by atoms with van der Waals surface area (Å²) in [5.74, 6) is -0.760. The molecule has 0 spiro atoms. The molecule has 1 aliphatic heterocycles. The Morgan fingerprint density at radius 3 is 2.77 bits per heavy atom. The molecule has 6 heteroatoms. The topological polar surface area (TPSA) is 63.7 Å². The maximum absolute atomic E-state index is 12.5. The maximum atomic E-state index is 12.5. The molecule has 0 aromatic heterocycles. The highest BCUT2D eigenvalue weighted by molar-refractivity contribution is 8.01. The SMILES string of the molecule is CCOC(=O)CS[C@H]1CC(=O)N(c2cccc(C)c2C)C1=O. The van der Waals surface area contributed by atoms with Gasteiger partial charge in [-0.25, -0.2) is 4.90 Å². The summed E-state index contributed by atoms with van der Waals surface area (Å²) >= 11 is 1.17. The van der Waals surface area contributed by atoms with Crippen molar-refractivity contribution in [1.82, 2.24) is 0 Å². The third-order valence-electron chi connectivity index (χ3n) is 3.63. The van der Waals surface area contributed by atoms with E-state index in [1.54, 1.807) is 13.0 Å². The van der Waals surface area contributed by atoms with Crippen molar-refractivity contribution in [2.45, 2.75) is 32.4 Å². The van der Waals surface area contributed by atoms with E-state index in [0.717, 1.165) is 11.1 Å². The minimum absolute atomic E-state index is 0.0815. The summed E-state index contributed by atoms with van der Waals surface area (Å²) in [5, 5.41) is -0.517. The van der Waals surface area contributed by atoms with Gasteiger partial charge in [-0.15, -0.1) is 11.8 Å². The summed E-state index contributed by atoms with van der Waals surface area (Å²) in [5.41, 5.74) is 2.58. The zero-order chi connectivity index (χ0) is 16.3. The lowest BCUT2D eigenvalue weighted by atomic mass is 10.1. The number of imide groups is 1. The van der Waals surface area contributed by atoms with Gasteiger partial charge in [-0.2, -0.15) is 0 Å². The van der Waals surface area contributed by atoms with Crippen LogP contribution >= 0.6 is 11.8 Å². The van der Waals surface area contributed by atoms with Crippen molar-refractivity contribution < 1.29 is 19.1 Å². The van der Waals surface area contributed by atoms with Gasteiger partial charge in [-0.05, 0) is 38.0 Å². The Bertz CT molecular complexity index is 614. The van der Waals surface area contributed by atoms with Gasteiger partial charge in [0, 0.05) is 6.42 Å². The zero-order valence-electron chi connectivity index (χ0n) is 12.9. The Labute approximate surface area is 134 Å².